The summed E-state index contributed by atoms with van der Waals surface area (Å²) in [5.41, 5.74) is 0.763. The van der Waals surface area contributed by atoms with Gasteiger partial charge in [0.25, 0.3) is 5.92 Å². The van der Waals surface area contributed by atoms with Gasteiger partial charge in [-0.15, -0.1) is 0 Å². The molecule has 2 aromatic heterocycles. The number of amides is 1. The van der Waals surface area contributed by atoms with E-state index in [0.717, 1.165) is 23.7 Å². The van der Waals surface area contributed by atoms with Gasteiger partial charge in [0, 0.05) is 31.5 Å². The Morgan fingerprint density at radius 1 is 1.45 bits per heavy atom. The van der Waals surface area contributed by atoms with E-state index in [1.807, 2.05) is 6.92 Å². The molecule has 2 atom stereocenters. The number of ether oxygens (including phenoxy) is 2. The molecule has 2 saturated carbocycles. The van der Waals surface area contributed by atoms with Crippen LogP contribution < -0.4 is 10.1 Å². The van der Waals surface area contributed by atoms with Gasteiger partial charge in [-0.05, 0) is 31.7 Å². The highest BCUT2D eigenvalue weighted by atomic mass is 19.3. The normalized spacial score (nSPS) is 26.0. The molecule has 4 rings (SSSR count). The number of rotatable bonds is 9. The topological polar surface area (TPSA) is 78.3 Å². The lowest BCUT2D eigenvalue weighted by Crippen LogP contribution is -2.40. The van der Waals surface area contributed by atoms with Crippen LogP contribution in [0.1, 0.15) is 33.1 Å². The fourth-order valence-corrected chi connectivity index (χ4v) is 3.73. The minimum absolute atomic E-state index is 0.00303. The number of carbonyl (C=O) groups excluding carboxylic acids is 1. The Bertz CT molecular complexity index is 882. The number of carbonyl (C=O) groups is 1. The number of nitrogens with zero attached hydrogens (tertiary/aromatic N) is 3. The second-order valence-electron chi connectivity index (χ2n) is 8.24. The van der Waals surface area contributed by atoms with E-state index in [0.29, 0.717) is 25.0 Å². The summed E-state index contributed by atoms with van der Waals surface area (Å²) >= 11 is 0. The molecule has 9 heteroatoms. The summed E-state index contributed by atoms with van der Waals surface area (Å²) in [5.74, 6) is -2.39. The molecule has 29 heavy (non-hydrogen) atoms. The summed E-state index contributed by atoms with van der Waals surface area (Å²) in [4.78, 5) is 15.3. The molecule has 2 aliphatic rings. The third-order valence-corrected chi connectivity index (χ3v) is 5.56. The number of halogens is 2. The first kappa shape index (κ1) is 20.0. The maximum Gasteiger partial charge on any atom is 0.253 e. The van der Waals surface area contributed by atoms with Crippen molar-refractivity contribution in [3.8, 4) is 5.88 Å². The van der Waals surface area contributed by atoms with E-state index in [1.165, 1.54) is 6.92 Å². The van der Waals surface area contributed by atoms with E-state index in [4.69, 9.17) is 9.47 Å². The van der Waals surface area contributed by atoms with Crippen molar-refractivity contribution in [1.82, 2.24) is 20.1 Å². The Balaban J connectivity index is 1.25. The molecule has 0 aromatic carbocycles. The first-order chi connectivity index (χ1) is 13.8. The highest BCUT2D eigenvalue weighted by Gasteiger charge is 2.56. The van der Waals surface area contributed by atoms with E-state index in [2.05, 4.69) is 15.4 Å². The molecular weight excluding hydrogens is 382 g/mol. The second kappa shape index (κ2) is 7.85. The van der Waals surface area contributed by atoms with Crippen LogP contribution in [-0.4, -0.2) is 52.0 Å². The first-order valence-electron chi connectivity index (χ1n) is 10.0. The third kappa shape index (κ3) is 4.66. The molecule has 2 aliphatic carbocycles. The standard InChI is InChI=1S/C20H26F2N4O3/c1-12(25-13(2)27)10-28-16-5-14(6-16)11-29-19-17-8-24-26(18(17)3-4-23-19)9-15-7-20(15,21)22/h3-4,8,12,14-16H,5-7,9-11H2,1-2H3,(H,25,27)/t12-,14-,15-,16-/m0/s1. The Morgan fingerprint density at radius 2 is 2.21 bits per heavy atom. The molecule has 1 N–H and O–H groups in total. The van der Waals surface area contributed by atoms with Crippen molar-refractivity contribution in [1.29, 1.82) is 0 Å². The fourth-order valence-electron chi connectivity index (χ4n) is 3.73. The molecule has 2 aromatic rings. The minimum Gasteiger partial charge on any atom is -0.477 e. The molecule has 0 bridgehead atoms. The summed E-state index contributed by atoms with van der Waals surface area (Å²) in [6.45, 7) is 4.64. The van der Waals surface area contributed by atoms with Crippen molar-refractivity contribution in [2.24, 2.45) is 11.8 Å². The summed E-state index contributed by atoms with van der Waals surface area (Å²) in [7, 11) is 0. The quantitative estimate of drug-likeness (QED) is 0.690. The number of alkyl halides is 2. The molecule has 0 saturated heterocycles. The largest absolute Gasteiger partial charge is 0.477 e. The monoisotopic (exact) mass is 408 g/mol. The maximum absolute atomic E-state index is 13.2. The highest BCUT2D eigenvalue weighted by molar-refractivity contribution is 5.83. The van der Waals surface area contributed by atoms with Crippen molar-refractivity contribution < 1.29 is 23.0 Å². The molecule has 2 heterocycles. The van der Waals surface area contributed by atoms with Crippen LogP contribution >= 0.6 is 0 Å². The predicted molar refractivity (Wildman–Crippen MR) is 102 cm³/mol. The van der Waals surface area contributed by atoms with Crippen molar-refractivity contribution in [3.05, 3.63) is 18.5 Å². The Hall–Kier alpha value is -2.29. The zero-order valence-corrected chi connectivity index (χ0v) is 16.6. The van der Waals surface area contributed by atoms with Gasteiger partial charge in [0.05, 0.1) is 43.0 Å². The number of aromatic nitrogens is 3. The number of pyridine rings is 1. The van der Waals surface area contributed by atoms with Gasteiger partial charge >= 0.3 is 0 Å². The van der Waals surface area contributed by atoms with Crippen LogP contribution in [0.4, 0.5) is 8.78 Å². The number of hydrogen-bond donors (Lipinski definition) is 1. The minimum atomic E-state index is -2.56. The van der Waals surface area contributed by atoms with Gasteiger partial charge in [-0.2, -0.15) is 5.10 Å². The average molecular weight is 408 g/mol. The van der Waals surface area contributed by atoms with Crippen molar-refractivity contribution in [3.63, 3.8) is 0 Å². The fraction of sp³-hybridized carbons (Fsp3) is 0.650. The number of hydrogen-bond acceptors (Lipinski definition) is 5. The van der Waals surface area contributed by atoms with Gasteiger partial charge in [0.15, 0.2) is 0 Å². The van der Waals surface area contributed by atoms with Gasteiger partial charge in [0.1, 0.15) is 0 Å². The molecule has 1 amide bonds. The van der Waals surface area contributed by atoms with Crippen molar-refractivity contribution >= 4 is 16.8 Å². The first-order valence-corrected chi connectivity index (χ1v) is 10.0. The molecule has 2 fully saturated rings. The Labute approximate surface area is 167 Å². The van der Waals surface area contributed by atoms with Crippen LogP contribution in [0.2, 0.25) is 0 Å². The Kier molecular flexibility index (Phi) is 5.42. The zero-order valence-electron chi connectivity index (χ0n) is 16.6. The van der Waals surface area contributed by atoms with E-state index in [-0.39, 0.29) is 31.0 Å². The third-order valence-electron chi connectivity index (χ3n) is 5.56. The van der Waals surface area contributed by atoms with Gasteiger partial charge in [-0.25, -0.2) is 13.8 Å². The van der Waals surface area contributed by atoms with Gasteiger partial charge < -0.3 is 14.8 Å². The number of nitrogens with one attached hydrogen (secondary N) is 1. The van der Waals surface area contributed by atoms with Crippen LogP contribution in [0.3, 0.4) is 0 Å². The summed E-state index contributed by atoms with van der Waals surface area (Å²) in [5, 5.41) is 7.79. The predicted octanol–water partition coefficient (Wildman–Crippen LogP) is 2.79. The van der Waals surface area contributed by atoms with Crippen LogP contribution in [0.5, 0.6) is 5.88 Å². The highest BCUT2D eigenvalue weighted by Crippen LogP contribution is 2.49. The average Bonchev–Trinajstić information content (AvgIpc) is 3.02. The van der Waals surface area contributed by atoms with Gasteiger partial charge in [-0.1, -0.05) is 0 Å². The smallest absolute Gasteiger partial charge is 0.253 e. The lowest BCUT2D eigenvalue weighted by molar-refractivity contribution is -0.120. The Morgan fingerprint density at radius 3 is 2.90 bits per heavy atom. The summed E-state index contributed by atoms with van der Waals surface area (Å²) in [6, 6.07) is 1.77. The second-order valence-corrected chi connectivity index (χ2v) is 8.24. The van der Waals surface area contributed by atoms with Crippen LogP contribution in [0, 0.1) is 11.8 Å². The molecule has 0 spiro atoms. The van der Waals surface area contributed by atoms with Crippen LogP contribution in [0.25, 0.3) is 10.9 Å². The van der Waals surface area contributed by atoms with Crippen molar-refractivity contribution in [2.75, 3.05) is 13.2 Å². The summed E-state index contributed by atoms with van der Waals surface area (Å²) in [6.07, 6.45) is 5.17. The van der Waals surface area contributed by atoms with Crippen LogP contribution in [0.15, 0.2) is 18.5 Å². The maximum atomic E-state index is 13.2. The number of fused-ring (bicyclic) bond motifs is 1. The molecule has 158 valence electrons. The lowest BCUT2D eigenvalue weighted by atomic mass is 9.83. The van der Waals surface area contributed by atoms with Crippen molar-refractivity contribution in [2.45, 2.75) is 57.7 Å². The zero-order chi connectivity index (χ0) is 20.6. The van der Waals surface area contributed by atoms with Gasteiger partial charge in [0.2, 0.25) is 11.8 Å². The lowest BCUT2D eigenvalue weighted by Gasteiger charge is -2.35. The van der Waals surface area contributed by atoms with Crippen LogP contribution in [-0.2, 0) is 16.1 Å². The molecule has 7 nitrogen and oxygen atoms in total. The van der Waals surface area contributed by atoms with E-state index in [1.54, 1.807) is 23.1 Å². The molecule has 0 aliphatic heterocycles. The summed E-state index contributed by atoms with van der Waals surface area (Å²) < 4.78 is 39.7. The van der Waals surface area contributed by atoms with E-state index < -0.39 is 11.8 Å². The molecule has 0 radical (unpaired) electrons. The van der Waals surface area contributed by atoms with E-state index >= 15 is 0 Å². The molecule has 0 unspecified atom stereocenters. The SMILES string of the molecule is CC(=O)N[C@@H](C)CO[C@H]1C[C@H](COc2nccc3c2cnn3C[C@@H]2CC2(F)F)C1. The molecular formula is C20H26F2N4O3. The van der Waals surface area contributed by atoms with Gasteiger partial charge in [-0.3, -0.25) is 9.48 Å². The van der Waals surface area contributed by atoms with E-state index in [9.17, 15) is 13.6 Å².